The van der Waals surface area contributed by atoms with Crippen LogP contribution in [0, 0.1) is 13.8 Å². The number of hydrogen-bond donors (Lipinski definition) is 1. The predicted molar refractivity (Wildman–Crippen MR) is 146 cm³/mol. The van der Waals surface area contributed by atoms with Gasteiger partial charge in [-0.25, -0.2) is 18.1 Å². The highest BCUT2D eigenvalue weighted by Crippen LogP contribution is 2.42. The summed E-state index contributed by atoms with van der Waals surface area (Å²) in [5.74, 6) is 0.563. The maximum absolute atomic E-state index is 13.7. The number of rotatable bonds is 6. The van der Waals surface area contributed by atoms with Crippen LogP contribution in [0.5, 0.6) is 11.5 Å². The van der Waals surface area contributed by atoms with Crippen LogP contribution in [0.25, 0.3) is 33.8 Å². The van der Waals surface area contributed by atoms with Crippen LogP contribution >= 0.6 is 0 Å². The van der Waals surface area contributed by atoms with Crippen molar-refractivity contribution in [2.24, 2.45) is 0 Å². The number of hydrogen-bond acceptors (Lipinski definition) is 7. The number of alkyl halides is 2. The second-order valence-electron chi connectivity index (χ2n) is 9.71. The second kappa shape index (κ2) is 9.53. The molecule has 0 fully saturated rings. The van der Waals surface area contributed by atoms with E-state index in [-0.39, 0.29) is 16.4 Å². The van der Waals surface area contributed by atoms with Crippen LogP contribution in [0.3, 0.4) is 0 Å². The van der Waals surface area contributed by atoms with Crippen molar-refractivity contribution in [2.75, 3.05) is 6.26 Å². The monoisotopic (exact) mass is 578 g/mol. The highest BCUT2D eigenvalue weighted by Gasteiger charge is 2.43. The Morgan fingerprint density at radius 2 is 1.68 bits per heavy atom. The molecule has 41 heavy (non-hydrogen) atoms. The number of aliphatic hydroxyl groups excluding tert-OH is 1. The molecule has 0 aliphatic carbocycles. The highest BCUT2D eigenvalue weighted by atomic mass is 32.2. The molecule has 0 saturated heterocycles. The van der Waals surface area contributed by atoms with E-state index < -0.39 is 22.7 Å². The number of fused-ring (bicyclic) bond motifs is 1. The number of aryl methyl sites for hydroxylation is 2. The van der Waals surface area contributed by atoms with Gasteiger partial charge in [0.1, 0.15) is 5.82 Å². The Hall–Kier alpha value is -4.55. The van der Waals surface area contributed by atoms with Gasteiger partial charge in [-0.15, -0.1) is 8.78 Å². The van der Waals surface area contributed by atoms with Gasteiger partial charge >= 0.3 is 6.29 Å². The van der Waals surface area contributed by atoms with Crippen LogP contribution in [-0.4, -0.2) is 45.4 Å². The third-order valence-corrected chi connectivity index (χ3v) is 7.96. The van der Waals surface area contributed by atoms with Crippen molar-refractivity contribution in [3.8, 4) is 45.3 Å². The number of sulfone groups is 1. The van der Waals surface area contributed by atoms with Gasteiger partial charge in [0.2, 0.25) is 0 Å². The summed E-state index contributed by atoms with van der Waals surface area (Å²) in [5.41, 5.74) is 5.06. The normalized spacial score (nSPS) is 14.0. The van der Waals surface area contributed by atoms with Crippen molar-refractivity contribution in [1.29, 1.82) is 0 Å². The zero-order valence-electron chi connectivity index (χ0n) is 22.2. The Morgan fingerprint density at radius 1 is 0.951 bits per heavy atom. The third kappa shape index (κ3) is 4.85. The van der Waals surface area contributed by atoms with Gasteiger partial charge in [0.05, 0.1) is 40.5 Å². The molecule has 0 atom stereocenters. The molecule has 0 saturated carbocycles. The van der Waals surface area contributed by atoms with Gasteiger partial charge in [0.25, 0.3) is 0 Å². The van der Waals surface area contributed by atoms with Crippen molar-refractivity contribution in [1.82, 2.24) is 19.3 Å². The van der Waals surface area contributed by atoms with Crippen LogP contribution in [0.1, 0.15) is 17.1 Å². The zero-order chi connectivity index (χ0) is 29.1. The summed E-state index contributed by atoms with van der Waals surface area (Å²) in [7, 11) is -3.60. The summed E-state index contributed by atoms with van der Waals surface area (Å²) in [5, 5.41) is 14.1. The van der Waals surface area contributed by atoms with Crippen molar-refractivity contribution in [2.45, 2.75) is 31.6 Å². The van der Waals surface area contributed by atoms with Crippen LogP contribution in [0.15, 0.2) is 78.0 Å². The minimum absolute atomic E-state index is 0.0476. The maximum Gasteiger partial charge on any atom is 0.586 e. The number of imidazole rings is 1. The van der Waals surface area contributed by atoms with Gasteiger partial charge in [-0.05, 0) is 66.9 Å². The van der Waals surface area contributed by atoms with Gasteiger partial charge in [0, 0.05) is 24.1 Å². The molecule has 6 rings (SSSR count). The SMILES string of the molecule is Cc1cn(-c2ccc(-c3ccc(CO)c(S(C)(=O)=O)c3)cc2-c2ccnn2-c2ccc3c(c2)OC(F)(F)O3)c(C)n1. The van der Waals surface area contributed by atoms with Gasteiger partial charge < -0.3 is 19.1 Å². The fourth-order valence-electron chi connectivity index (χ4n) is 4.99. The lowest BCUT2D eigenvalue weighted by atomic mass is 9.98. The van der Waals surface area contributed by atoms with Crippen molar-refractivity contribution in [3.05, 3.63) is 90.1 Å². The topological polar surface area (TPSA) is 108 Å². The van der Waals surface area contributed by atoms with Gasteiger partial charge in [-0.1, -0.05) is 18.2 Å². The highest BCUT2D eigenvalue weighted by molar-refractivity contribution is 7.90. The van der Waals surface area contributed by atoms with E-state index in [2.05, 4.69) is 19.6 Å². The molecule has 0 amide bonds. The molecule has 5 aromatic rings. The van der Waals surface area contributed by atoms with E-state index in [1.165, 1.54) is 12.1 Å². The Balaban J connectivity index is 1.54. The first-order chi connectivity index (χ1) is 19.4. The summed E-state index contributed by atoms with van der Waals surface area (Å²) in [4.78, 5) is 4.58. The number of benzene rings is 3. The first-order valence-corrected chi connectivity index (χ1v) is 14.4. The standard InChI is InChI=1S/C29H24F2N4O5S/c1-17-15-34(18(2)33-17)24-8-6-19(20-4-5-21(16-36)28(13-20)41(3,37)38)12-23(24)25-10-11-32-35(25)22-7-9-26-27(14-22)40-29(30,31)39-26/h4-15,36H,16H2,1-3H3. The average Bonchev–Trinajstić information content (AvgIpc) is 3.62. The molecule has 12 heteroatoms. The van der Waals surface area contributed by atoms with E-state index in [0.717, 1.165) is 29.0 Å². The molecule has 0 bridgehead atoms. The number of aromatic nitrogens is 4. The number of aliphatic hydroxyl groups is 1. The predicted octanol–water partition coefficient (Wildman–Crippen LogP) is 5.23. The van der Waals surface area contributed by atoms with E-state index in [1.807, 2.05) is 42.8 Å². The molecule has 3 aromatic carbocycles. The molecular formula is C29H24F2N4O5S. The van der Waals surface area contributed by atoms with Crippen molar-refractivity contribution in [3.63, 3.8) is 0 Å². The number of nitrogens with zero attached hydrogens (tertiary/aromatic N) is 4. The van der Waals surface area contributed by atoms with Gasteiger partial charge in [-0.3, -0.25) is 0 Å². The Labute approximate surface area is 234 Å². The summed E-state index contributed by atoms with van der Waals surface area (Å²) >= 11 is 0. The summed E-state index contributed by atoms with van der Waals surface area (Å²) in [6.07, 6.45) is 0.843. The molecule has 1 N–H and O–H groups in total. The summed E-state index contributed by atoms with van der Waals surface area (Å²) < 4.78 is 64.9. The molecule has 1 aliphatic heterocycles. The van der Waals surface area contributed by atoms with Gasteiger partial charge in [-0.2, -0.15) is 5.10 Å². The van der Waals surface area contributed by atoms with Gasteiger partial charge in [0.15, 0.2) is 21.3 Å². The second-order valence-corrected chi connectivity index (χ2v) is 11.7. The fraction of sp³-hybridized carbons (Fsp3) is 0.172. The van der Waals surface area contributed by atoms with E-state index in [0.29, 0.717) is 28.1 Å². The quantitative estimate of drug-likeness (QED) is 0.294. The van der Waals surface area contributed by atoms with Crippen molar-refractivity contribution >= 4 is 9.84 Å². The Kier molecular flexibility index (Phi) is 6.20. The molecule has 2 aromatic heterocycles. The van der Waals surface area contributed by atoms with E-state index in [4.69, 9.17) is 0 Å². The maximum atomic E-state index is 13.7. The van der Waals surface area contributed by atoms with Crippen molar-refractivity contribution < 1.29 is 31.8 Å². The largest absolute Gasteiger partial charge is 0.586 e. The minimum atomic E-state index is -3.75. The lowest BCUT2D eigenvalue weighted by Gasteiger charge is -2.16. The molecule has 9 nitrogen and oxygen atoms in total. The van der Waals surface area contributed by atoms with E-state index in [9.17, 15) is 22.3 Å². The smallest absolute Gasteiger partial charge is 0.395 e. The van der Waals surface area contributed by atoms with Crippen LogP contribution in [0.2, 0.25) is 0 Å². The van der Waals surface area contributed by atoms with E-state index in [1.54, 1.807) is 41.2 Å². The number of halogens is 2. The molecule has 3 heterocycles. The molecule has 0 radical (unpaired) electrons. The Bertz CT molecular complexity index is 1930. The zero-order valence-corrected chi connectivity index (χ0v) is 23.0. The molecule has 1 aliphatic rings. The Morgan fingerprint density at radius 3 is 2.39 bits per heavy atom. The fourth-order valence-corrected chi connectivity index (χ4v) is 5.94. The first kappa shape index (κ1) is 26.7. The first-order valence-electron chi connectivity index (χ1n) is 12.5. The lowest BCUT2D eigenvalue weighted by Crippen LogP contribution is -2.25. The molecule has 0 spiro atoms. The molecular weight excluding hydrogens is 554 g/mol. The number of ether oxygens (including phenoxy) is 2. The third-order valence-electron chi connectivity index (χ3n) is 6.78. The summed E-state index contributed by atoms with van der Waals surface area (Å²) in [6.45, 7) is 3.36. The van der Waals surface area contributed by atoms with Crippen LogP contribution in [0.4, 0.5) is 8.78 Å². The summed E-state index contributed by atoms with van der Waals surface area (Å²) in [6, 6.07) is 16.8. The minimum Gasteiger partial charge on any atom is -0.395 e. The molecule has 210 valence electrons. The van der Waals surface area contributed by atoms with Crippen LogP contribution < -0.4 is 9.47 Å². The lowest BCUT2D eigenvalue weighted by molar-refractivity contribution is -0.286. The molecule has 0 unspecified atom stereocenters. The average molecular weight is 579 g/mol. The van der Waals surface area contributed by atoms with Crippen LogP contribution in [-0.2, 0) is 16.4 Å². The van der Waals surface area contributed by atoms with E-state index >= 15 is 0 Å².